The molecule has 1 N–H and O–H groups in total. The second-order valence-corrected chi connectivity index (χ2v) is 8.61. The Bertz CT molecular complexity index is 1170. The zero-order chi connectivity index (χ0) is 21.4. The lowest BCUT2D eigenvalue weighted by atomic mass is 9.84. The molecule has 0 bridgehead atoms. The van der Waals surface area contributed by atoms with Gasteiger partial charge in [0.05, 0.1) is 12.4 Å². The van der Waals surface area contributed by atoms with Crippen LogP contribution < -0.4 is 5.56 Å². The second-order valence-electron chi connectivity index (χ2n) is 8.61. The number of fused-ring (bicyclic) bond motifs is 1. The van der Waals surface area contributed by atoms with E-state index in [1.54, 1.807) is 9.58 Å². The number of carbonyl (C=O) groups is 1. The van der Waals surface area contributed by atoms with Crippen LogP contribution in [-0.4, -0.2) is 43.6 Å². The van der Waals surface area contributed by atoms with Crippen molar-refractivity contribution in [2.75, 3.05) is 13.1 Å². The molecule has 0 radical (unpaired) electrons. The maximum Gasteiger partial charge on any atom is 0.276 e. The van der Waals surface area contributed by atoms with Gasteiger partial charge >= 0.3 is 0 Å². The molecule has 3 heterocycles. The lowest BCUT2D eigenvalue weighted by Crippen LogP contribution is -2.27. The molecule has 1 aliphatic carbocycles. The van der Waals surface area contributed by atoms with Gasteiger partial charge in [0, 0.05) is 18.7 Å². The third-order valence-corrected chi connectivity index (χ3v) is 6.75. The number of hydrogen-bond acceptors (Lipinski definition) is 4. The highest BCUT2D eigenvalue weighted by atomic mass is 16.2. The molecule has 2 aliphatic rings. The summed E-state index contributed by atoms with van der Waals surface area (Å²) in [5.41, 5.74) is 3.90. The maximum absolute atomic E-state index is 12.7. The van der Waals surface area contributed by atoms with Crippen molar-refractivity contribution in [1.29, 1.82) is 0 Å². The van der Waals surface area contributed by atoms with Gasteiger partial charge in [-0.1, -0.05) is 50.1 Å². The number of aromatic amines is 1. The van der Waals surface area contributed by atoms with Crippen molar-refractivity contribution in [3.05, 3.63) is 59.2 Å². The van der Waals surface area contributed by atoms with Crippen LogP contribution in [0.5, 0.6) is 0 Å². The number of H-pyrrole nitrogens is 1. The van der Waals surface area contributed by atoms with E-state index in [1.807, 2.05) is 0 Å². The van der Waals surface area contributed by atoms with Crippen molar-refractivity contribution in [2.24, 2.45) is 0 Å². The molecule has 1 aromatic carbocycles. The Balaban J connectivity index is 1.51. The van der Waals surface area contributed by atoms with Gasteiger partial charge in [0.15, 0.2) is 5.52 Å². The third kappa shape index (κ3) is 3.58. The van der Waals surface area contributed by atoms with E-state index in [-0.39, 0.29) is 17.5 Å². The molecule has 7 heteroatoms. The van der Waals surface area contributed by atoms with Gasteiger partial charge in [-0.25, -0.2) is 4.98 Å². The summed E-state index contributed by atoms with van der Waals surface area (Å²) in [6, 6.07) is 8.53. The molecule has 1 saturated heterocycles. The molecule has 3 aromatic rings. The van der Waals surface area contributed by atoms with Crippen molar-refractivity contribution in [1.82, 2.24) is 24.6 Å². The number of nitrogens with zero attached hydrogens (tertiary/aromatic N) is 4. The van der Waals surface area contributed by atoms with Gasteiger partial charge in [-0.05, 0) is 36.8 Å². The average molecular weight is 418 g/mol. The Morgan fingerprint density at radius 2 is 1.90 bits per heavy atom. The van der Waals surface area contributed by atoms with Crippen LogP contribution in [0.2, 0.25) is 0 Å². The highest BCUT2D eigenvalue weighted by molar-refractivity contribution is 5.90. The monoisotopic (exact) mass is 417 g/mol. The number of hydrogen-bond donors (Lipinski definition) is 1. The van der Waals surface area contributed by atoms with E-state index in [2.05, 4.69) is 40.8 Å². The normalized spacial score (nSPS) is 19.7. The Morgan fingerprint density at radius 3 is 2.65 bits per heavy atom. The number of carbonyl (C=O) groups excluding carboxylic acids is 1. The first-order chi connectivity index (χ1) is 15.2. The summed E-state index contributed by atoms with van der Waals surface area (Å²) >= 11 is 0. The molecule has 0 spiro atoms. The molecule has 5 rings (SSSR count). The summed E-state index contributed by atoms with van der Waals surface area (Å²) in [7, 11) is 0. The zero-order valence-electron chi connectivity index (χ0n) is 17.6. The summed E-state index contributed by atoms with van der Waals surface area (Å²) in [6.45, 7) is 4.71. The Morgan fingerprint density at radius 1 is 1.13 bits per heavy atom. The minimum absolute atomic E-state index is 0.0630. The minimum atomic E-state index is -0.212. The van der Waals surface area contributed by atoms with Gasteiger partial charge in [-0.3, -0.25) is 14.3 Å². The molecular weight excluding hydrogens is 390 g/mol. The number of aromatic nitrogens is 4. The van der Waals surface area contributed by atoms with Crippen LogP contribution in [0.3, 0.4) is 0 Å². The summed E-state index contributed by atoms with van der Waals surface area (Å²) in [4.78, 5) is 33.6. The quantitative estimate of drug-likeness (QED) is 0.655. The van der Waals surface area contributed by atoms with E-state index in [4.69, 9.17) is 5.10 Å². The smallest absolute Gasteiger partial charge is 0.276 e. The molecule has 1 aliphatic heterocycles. The predicted molar refractivity (Wildman–Crippen MR) is 120 cm³/mol. The van der Waals surface area contributed by atoms with Crippen LogP contribution in [0.25, 0.3) is 22.3 Å². The Labute approximate surface area is 180 Å². The third-order valence-electron chi connectivity index (χ3n) is 6.75. The van der Waals surface area contributed by atoms with Crippen LogP contribution in [0.15, 0.2) is 48.0 Å². The fourth-order valence-electron chi connectivity index (χ4n) is 5.06. The number of nitrogens with one attached hydrogen (secondary N) is 1. The number of benzene rings is 1. The molecule has 160 valence electrons. The highest BCUT2D eigenvalue weighted by Crippen LogP contribution is 2.35. The molecular formula is C24H27N5O2. The second kappa shape index (κ2) is 8.13. The number of rotatable bonds is 4. The van der Waals surface area contributed by atoms with Gasteiger partial charge in [-0.2, -0.15) is 5.10 Å². The van der Waals surface area contributed by atoms with Crippen LogP contribution in [0.4, 0.5) is 0 Å². The molecule has 2 aromatic heterocycles. The Hall–Kier alpha value is -3.22. The standard InChI is InChI=1S/C24H27N5O2/c1-2-20(30)28-13-12-19(14-28)29-23-22(25-15-26-24(23)31)21(27-29)18-10-8-17(9-11-18)16-6-4-3-5-7-16/h2,8-11,15-16,19H,1,3-7,12-14H2,(H,25,26,31). The zero-order valence-corrected chi connectivity index (χ0v) is 17.6. The van der Waals surface area contributed by atoms with Gasteiger partial charge in [0.1, 0.15) is 11.2 Å². The van der Waals surface area contributed by atoms with Gasteiger partial charge in [-0.15, -0.1) is 0 Å². The maximum atomic E-state index is 12.7. The Kier molecular flexibility index (Phi) is 5.18. The van der Waals surface area contributed by atoms with Crippen LogP contribution in [0, 0.1) is 0 Å². The molecule has 1 atom stereocenters. The van der Waals surface area contributed by atoms with Gasteiger partial charge in [0.2, 0.25) is 5.91 Å². The first-order valence-corrected chi connectivity index (χ1v) is 11.1. The van der Waals surface area contributed by atoms with E-state index in [0.29, 0.717) is 35.7 Å². The first kappa shape index (κ1) is 19.7. The summed E-state index contributed by atoms with van der Waals surface area (Å²) in [5, 5.41) is 4.83. The summed E-state index contributed by atoms with van der Waals surface area (Å²) in [5.74, 6) is 0.550. The fraction of sp³-hybridized carbons (Fsp3) is 0.417. The van der Waals surface area contributed by atoms with Crippen LogP contribution >= 0.6 is 0 Å². The first-order valence-electron chi connectivity index (χ1n) is 11.1. The lowest BCUT2D eigenvalue weighted by Gasteiger charge is -2.22. The van der Waals surface area contributed by atoms with Crippen molar-refractivity contribution in [3.63, 3.8) is 0 Å². The SMILES string of the molecule is C=CC(=O)N1CCC(n2nc(-c3ccc(C4CCCCC4)cc3)c3nc[nH]c(=O)c32)C1. The minimum Gasteiger partial charge on any atom is -0.337 e. The van der Waals surface area contributed by atoms with Crippen LogP contribution in [0.1, 0.15) is 56.0 Å². The molecule has 1 unspecified atom stereocenters. The van der Waals surface area contributed by atoms with Crippen molar-refractivity contribution < 1.29 is 4.79 Å². The molecule has 2 fully saturated rings. The molecule has 1 amide bonds. The van der Waals surface area contributed by atoms with Gasteiger partial charge < -0.3 is 9.88 Å². The number of amides is 1. The van der Waals surface area contributed by atoms with E-state index in [0.717, 1.165) is 12.0 Å². The average Bonchev–Trinajstić information content (AvgIpc) is 3.45. The summed E-state index contributed by atoms with van der Waals surface area (Å²) < 4.78 is 1.77. The molecule has 31 heavy (non-hydrogen) atoms. The fourth-order valence-corrected chi connectivity index (χ4v) is 5.06. The van der Waals surface area contributed by atoms with E-state index in [1.165, 1.54) is 50.1 Å². The predicted octanol–water partition coefficient (Wildman–Crippen LogP) is 3.79. The van der Waals surface area contributed by atoms with Crippen molar-refractivity contribution in [3.8, 4) is 11.3 Å². The summed E-state index contributed by atoms with van der Waals surface area (Å²) in [6.07, 6.45) is 9.97. The highest BCUT2D eigenvalue weighted by Gasteiger charge is 2.30. The van der Waals surface area contributed by atoms with Crippen molar-refractivity contribution in [2.45, 2.75) is 50.5 Å². The number of likely N-dealkylation sites (tertiary alicyclic amines) is 1. The topological polar surface area (TPSA) is 83.9 Å². The lowest BCUT2D eigenvalue weighted by molar-refractivity contribution is -0.125. The molecule has 7 nitrogen and oxygen atoms in total. The van der Waals surface area contributed by atoms with E-state index < -0.39 is 0 Å². The largest absolute Gasteiger partial charge is 0.337 e. The van der Waals surface area contributed by atoms with E-state index in [9.17, 15) is 9.59 Å². The van der Waals surface area contributed by atoms with Crippen LogP contribution in [-0.2, 0) is 4.79 Å². The van der Waals surface area contributed by atoms with E-state index >= 15 is 0 Å². The molecule has 1 saturated carbocycles. The van der Waals surface area contributed by atoms with Gasteiger partial charge in [0.25, 0.3) is 5.56 Å². The van der Waals surface area contributed by atoms with Crippen molar-refractivity contribution >= 4 is 16.9 Å².